The van der Waals surface area contributed by atoms with Gasteiger partial charge in [-0.2, -0.15) is 0 Å². The Hall–Kier alpha value is -1.68. The summed E-state index contributed by atoms with van der Waals surface area (Å²) < 4.78 is 0. The predicted octanol–water partition coefficient (Wildman–Crippen LogP) is 3.88. The number of hydrogen-bond acceptors (Lipinski definition) is 3. The van der Waals surface area contributed by atoms with Gasteiger partial charge in [-0.25, -0.2) is 4.98 Å². The summed E-state index contributed by atoms with van der Waals surface area (Å²) in [6, 6.07) is 8.51. The van der Waals surface area contributed by atoms with Crippen LogP contribution < -0.4 is 5.32 Å². The molecule has 1 heterocycles. The van der Waals surface area contributed by atoms with E-state index in [1.807, 2.05) is 13.8 Å². The van der Waals surface area contributed by atoms with Gasteiger partial charge in [-0.3, -0.25) is 4.79 Å². The van der Waals surface area contributed by atoms with Crippen molar-refractivity contribution in [2.45, 2.75) is 46.6 Å². The van der Waals surface area contributed by atoms with E-state index in [2.05, 4.69) is 48.4 Å². The summed E-state index contributed by atoms with van der Waals surface area (Å²) in [5.41, 5.74) is 3.25. The minimum atomic E-state index is 0.0707. The van der Waals surface area contributed by atoms with Crippen molar-refractivity contribution in [2.75, 3.05) is 0 Å². The number of nitrogens with zero attached hydrogens (tertiary/aromatic N) is 1. The first-order valence-electron chi connectivity index (χ1n) is 7.32. The number of rotatable bonds is 5. The Bertz CT molecular complexity index is 616. The van der Waals surface area contributed by atoms with Crippen molar-refractivity contribution in [1.29, 1.82) is 0 Å². The second-order valence-corrected chi connectivity index (χ2v) is 6.71. The predicted molar refractivity (Wildman–Crippen MR) is 88.6 cm³/mol. The fourth-order valence-corrected chi connectivity index (χ4v) is 3.06. The number of nitrogens with one attached hydrogen (secondary N) is 1. The van der Waals surface area contributed by atoms with E-state index in [1.54, 1.807) is 11.3 Å². The molecule has 1 N–H and O–H groups in total. The monoisotopic (exact) mass is 302 g/mol. The van der Waals surface area contributed by atoms with Crippen LogP contribution in [0.5, 0.6) is 0 Å². The first-order valence-corrected chi connectivity index (χ1v) is 8.14. The standard InChI is InChI=1S/C17H22N2OS/c1-5-12(3)18-16(20)10-15-17(19-13(4)21-15)14-8-6-11(2)7-9-14/h6-9,12H,5,10H2,1-4H3,(H,18,20). The lowest BCUT2D eigenvalue weighted by Gasteiger charge is -2.11. The minimum Gasteiger partial charge on any atom is -0.353 e. The summed E-state index contributed by atoms with van der Waals surface area (Å²) in [6.45, 7) is 8.14. The van der Waals surface area contributed by atoms with Gasteiger partial charge in [-0.05, 0) is 27.2 Å². The number of aryl methyl sites for hydroxylation is 2. The summed E-state index contributed by atoms with van der Waals surface area (Å²) in [4.78, 5) is 17.7. The highest BCUT2D eigenvalue weighted by atomic mass is 32.1. The molecule has 0 saturated heterocycles. The van der Waals surface area contributed by atoms with Crippen molar-refractivity contribution < 1.29 is 4.79 Å². The molecule has 4 heteroatoms. The summed E-state index contributed by atoms with van der Waals surface area (Å²) in [6.07, 6.45) is 1.34. The fraction of sp³-hybridized carbons (Fsp3) is 0.412. The van der Waals surface area contributed by atoms with Crippen LogP contribution >= 0.6 is 11.3 Å². The number of carbonyl (C=O) groups excluding carboxylic acids is 1. The lowest BCUT2D eigenvalue weighted by molar-refractivity contribution is -0.121. The van der Waals surface area contributed by atoms with Crippen LogP contribution in [0.25, 0.3) is 11.3 Å². The van der Waals surface area contributed by atoms with Crippen LogP contribution in [0.15, 0.2) is 24.3 Å². The van der Waals surface area contributed by atoms with Crippen molar-refractivity contribution in [1.82, 2.24) is 10.3 Å². The number of carbonyl (C=O) groups is 1. The quantitative estimate of drug-likeness (QED) is 0.910. The normalized spacial score (nSPS) is 12.2. The molecule has 0 aliphatic heterocycles. The minimum absolute atomic E-state index is 0.0707. The van der Waals surface area contributed by atoms with E-state index < -0.39 is 0 Å². The molecule has 1 aromatic heterocycles. The molecule has 1 aromatic carbocycles. The number of benzene rings is 1. The third kappa shape index (κ3) is 4.14. The Morgan fingerprint density at radius 3 is 2.57 bits per heavy atom. The molecule has 0 aliphatic carbocycles. The summed E-state index contributed by atoms with van der Waals surface area (Å²) in [7, 11) is 0. The molecule has 112 valence electrons. The maximum atomic E-state index is 12.1. The van der Waals surface area contributed by atoms with Crippen LogP contribution in [0.2, 0.25) is 0 Å². The number of amides is 1. The Labute approximate surface area is 130 Å². The van der Waals surface area contributed by atoms with Gasteiger partial charge < -0.3 is 5.32 Å². The van der Waals surface area contributed by atoms with Crippen molar-refractivity contribution in [3.8, 4) is 11.3 Å². The molecule has 1 unspecified atom stereocenters. The van der Waals surface area contributed by atoms with E-state index in [1.165, 1.54) is 5.56 Å². The topological polar surface area (TPSA) is 42.0 Å². The second-order valence-electron chi connectivity index (χ2n) is 5.42. The lowest BCUT2D eigenvalue weighted by atomic mass is 10.1. The van der Waals surface area contributed by atoms with Crippen LogP contribution in [0.4, 0.5) is 0 Å². The highest BCUT2D eigenvalue weighted by Crippen LogP contribution is 2.28. The molecule has 3 nitrogen and oxygen atoms in total. The zero-order valence-electron chi connectivity index (χ0n) is 13.1. The van der Waals surface area contributed by atoms with Crippen LogP contribution in [0.1, 0.15) is 35.7 Å². The van der Waals surface area contributed by atoms with Gasteiger partial charge in [0, 0.05) is 16.5 Å². The molecule has 0 fully saturated rings. The molecular formula is C17H22N2OS. The van der Waals surface area contributed by atoms with E-state index in [0.717, 1.165) is 27.6 Å². The average molecular weight is 302 g/mol. The zero-order chi connectivity index (χ0) is 15.4. The highest BCUT2D eigenvalue weighted by Gasteiger charge is 2.15. The zero-order valence-corrected chi connectivity index (χ0v) is 13.9. The molecular weight excluding hydrogens is 280 g/mol. The van der Waals surface area contributed by atoms with Gasteiger partial charge in [0.2, 0.25) is 5.91 Å². The first-order chi connectivity index (χ1) is 9.99. The van der Waals surface area contributed by atoms with Crippen molar-refractivity contribution in [3.63, 3.8) is 0 Å². The first kappa shape index (κ1) is 15.7. The van der Waals surface area contributed by atoms with Gasteiger partial charge in [0.1, 0.15) is 0 Å². The third-order valence-corrected chi connectivity index (χ3v) is 4.44. The molecule has 1 atom stereocenters. The maximum Gasteiger partial charge on any atom is 0.225 e. The van der Waals surface area contributed by atoms with Crippen LogP contribution in [0, 0.1) is 13.8 Å². The largest absolute Gasteiger partial charge is 0.353 e. The summed E-state index contributed by atoms with van der Waals surface area (Å²) >= 11 is 1.60. The van der Waals surface area contributed by atoms with Crippen molar-refractivity contribution in [3.05, 3.63) is 39.7 Å². The highest BCUT2D eigenvalue weighted by molar-refractivity contribution is 7.12. The lowest BCUT2D eigenvalue weighted by Crippen LogP contribution is -2.33. The molecule has 2 rings (SSSR count). The molecule has 0 aliphatic rings. The van der Waals surface area contributed by atoms with Crippen molar-refractivity contribution >= 4 is 17.2 Å². The molecule has 1 amide bonds. The van der Waals surface area contributed by atoms with Crippen LogP contribution in [0.3, 0.4) is 0 Å². The average Bonchev–Trinajstić information content (AvgIpc) is 2.80. The van der Waals surface area contributed by atoms with E-state index in [4.69, 9.17) is 0 Å². The molecule has 0 bridgehead atoms. The third-order valence-electron chi connectivity index (χ3n) is 3.47. The van der Waals surface area contributed by atoms with E-state index in [0.29, 0.717) is 6.42 Å². The summed E-state index contributed by atoms with van der Waals surface area (Å²) in [5, 5.41) is 4.01. The van der Waals surface area contributed by atoms with Gasteiger partial charge in [-0.15, -0.1) is 11.3 Å². The number of aromatic nitrogens is 1. The second kappa shape index (κ2) is 6.85. The van der Waals surface area contributed by atoms with Gasteiger partial charge in [0.25, 0.3) is 0 Å². The Balaban J connectivity index is 2.21. The maximum absolute atomic E-state index is 12.1. The number of thiazole rings is 1. The molecule has 0 radical (unpaired) electrons. The van der Waals surface area contributed by atoms with Crippen LogP contribution in [-0.2, 0) is 11.2 Å². The smallest absolute Gasteiger partial charge is 0.225 e. The van der Waals surface area contributed by atoms with Gasteiger partial charge in [0.05, 0.1) is 17.1 Å². The Kier molecular flexibility index (Phi) is 5.12. The molecule has 21 heavy (non-hydrogen) atoms. The SMILES string of the molecule is CCC(C)NC(=O)Cc1sc(C)nc1-c1ccc(C)cc1. The van der Waals surface area contributed by atoms with Gasteiger partial charge in [-0.1, -0.05) is 36.8 Å². The molecule has 0 spiro atoms. The molecule has 2 aromatic rings. The number of hydrogen-bond donors (Lipinski definition) is 1. The Morgan fingerprint density at radius 2 is 1.95 bits per heavy atom. The van der Waals surface area contributed by atoms with E-state index in [-0.39, 0.29) is 11.9 Å². The van der Waals surface area contributed by atoms with Gasteiger partial charge >= 0.3 is 0 Å². The van der Waals surface area contributed by atoms with Crippen LogP contribution in [-0.4, -0.2) is 16.9 Å². The summed E-state index contributed by atoms with van der Waals surface area (Å²) in [5.74, 6) is 0.0707. The van der Waals surface area contributed by atoms with Gasteiger partial charge in [0.15, 0.2) is 0 Å². The van der Waals surface area contributed by atoms with E-state index in [9.17, 15) is 4.79 Å². The van der Waals surface area contributed by atoms with Crippen molar-refractivity contribution in [2.24, 2.45) is 0 Å². The van der Waals surface area contributed by atoms with E-state index >= 15 is 0 Å². The fourth-order valence-electron chi connectivity index (χ4n) is 2.10. The Morgan fingerprint density at radius 1 is 1.29 bits per heavy atom. The molecule has 0 saturated carbocycles.